The highest BCUT2D eigenvalue weighted by Gasteiger charge is 2.09. The maximum absolute atomic E-state index is 13.2. The van der Waals surface area contributed by atoms with Gasteiger partial charge in [0, 0.05) is 17.6 Å². The standard InChI is InChI=1S/C18H12ClF2N3O/c19-16-8-14(4-5-17(16)21)24-18(25)11-6-15(10-22-9-11)23-13-3-1-2-12(20)7-13/h1-10,23H,(H,24,25). The van der Waals surface area contributed by atoms with Crippen LogP contribution < -0.4 is 10.6 Å². The number of pyridine rings is 1. The van der Waals surface area contributed by atoms with Crippen LogP contribution in [0.5, 0.6) is 0 Å². The summed E-state index contributed by atoms with van der Waals surface area (Å²) in [6.45, 7) is 0. The van der Waals surface area contributed by atoms with Crippen LogP contribution in [0, 0.1) is 11.6 Å². The first-order valence-electron chi connectivity index (χ1n) is 7.25. The molecule has 2 aromatic carbocycles. The van der Waals surface area contributed by atoms with E-state index in [9.17, 15) is 13.6 Å². The summed E-state index contributed by atoms with van der Waals surface area (Å²) in [4.78, 5) is 16.3. The minimum absolute atomic E-state index is 0.0857. The van der Waals surface area contributed by atoms with Crippen molar-refractivity contribution in [3.8, 4) is 0 Å². The number of rotatable bonds is 4. The quantitative estimate of drug-likeness (QED) is 0.688. The van der Waals surface area contributed by atoms with Gasteiger partial charge in [0.2, 0.25) is 0 Å². The molecule has 1 aromatic heterocycles. The highest BCUT2D eigenvalue weighted by Crippen LogP contribution is 2.21. The highest BCUT2D eigenvalue weighted by molar-refractivity contribution is 6.31. The van der Waals surface area contributed by atoms with Crippen LogP contribution in [0.4, 0.5) is 25.8 Å². The number of nitrogens with one attached hydrogen (secondary N) is 2. The Bertz CT molecular complexity index is 934. The van der Waals surface area contributed by atoms with E-state index in [0.29, 0.717) is 17.1 Å². The van der Waals surface area contributed by atoms with Crippen molar-refractivity contribution >= 4 is 34.6 Å². The number of hydrogen-bond donors (Lipinski definition) is 2. The molecule has 0 spiro atoms. The summed E-state index contributed by atoms with van der Waals surface area (Å²) in [5.41, 5.74) is 1.70. The molecule has 3 aromatic rings. The number of carbonyl (C=O) groups is 1. The van der Waals surface area contributed by atoms with Crippen molar-refractivity contribution in [2.75, 3.05) is 10.6 Å². The second kappa shape index (κ2) is 7.27. The lowest BCUT2D eigenvalue weighted by Crippen LogP contribution is -2.12. The molecule has 1 amide bonds. The Morgan fingerprint density at radius 3 is 2.56 bits per heavy atom. The molecule has 0 saturated carbocycles. The Balaban J connectivity index is 1.76. The van der Waals surface area contributed by atoms with Gasteiger partial charge in [-0.25, -0.2) is 8.78 Å². The molecule has 126 valence electrons. The van der Waals surface area contributed by atoms with Gasteiger partial charge in [0.25, 0.3) is 5.91 Å². The third-order valence-corrected chi connectivity index (χ3v) is 3.58. The fourth-order valence-corrected chi connectivity index (χ4v) is 2.32. The van der Waals surface area contributed by atoms with Gasteiger partial charge in [-0.15, -0.1) is 0 Å². The van der Waals surface area contributed by atoms with E-state index in [0.717, 1.165) is 6.07 Å². The fraction of sp³-hybridized carbons (Fsp3) is 0. The summed E-state index contributed by atoms with van der Waals surface area (Å²) in [5, 5.41) is 5.49. The Hall–Kier alpha value is -2.99. The predicted octanol–water partition coefficient (Wildman–Crippen LogP) is 5.01. The summed E-state index contributed by atoms with van der Waals surface area (Å²) in [6.07, 6.45) is 2.90. The summed E-state index contributed by atoms with van der Waals surface area (Å²) in [6, 6.07) is 11.4. The Morgan fingerprint density at radius 1 is 0.960 bits per heavy atom. The molecule has 0 radical (unpaired) electrons. The van der Waals surface area contributed by atoms with Gasteiger partial charge < -0.3 is 10.6 Å². The average Bonchev–Trinajstić information content (AvgIpc) is 2.58. The summed E-state index contributed by atoms with van der Waals surface area (Å²) in [7, 11) is 0. The number of benzene rings is 2. The van der Waals surface area contributed by atoms with Crippen molar-refractivity contribution in [1.82, 2.24) is 4.98 Å². The van der Waals surface area contributed by atoms with Crippen molar-refractivity contribution < 1.29 is 13.6 Å². The van der Waals surface area contributed by atoms with E-state index in [1.807, 2.05) is 0 Å². The lowest BCUT2D eigenvalue weighted by molar-refractivity contribution is 0.102. The van der Waals surface area contributed by atoms with Crippen LogP contribution in [0.1, 0.15) is 10.4 Å². The zero-order chi connectivity index (χ0) is 17.8. The summed E-state index contributed by atoms with van der Waals surface area (Å²) >= 11 is 5.69. The zero-order valence-corrected chi connectivity index (χ0v) is 13.5. The topological polar surface area (TPSA) is 54.0 Å². The second-order valence-electron chi connectivity index (χ2n) is 5.18. The third kappa shape index (κ3) is 4.30. The van der Waals surface area contributed by atoms with Crippen molar-refractivity contribution in [3.05, 3.63) is 83.1 Å². The molecule has 1 heterocycles. The third-order valence-electron chi connectivity index (χ3n) is 3.29. The van der Waals surface area contributed by atoms with Crippen LogP contribution in [-0.4, -0.2) is 10.9 Å². The Kier molecular flexibility index (Phi) is 4.90. The molecule has 0 bridgehead atoms. The molecule has 0 atom stereocenters. The number of hydrogen-bond acceptors (Lipinski definition) is 3. The van der Waals surface area contributed by atoms with E-state index in [1.165, 1.54) is 36.7 Å². The van der Waals surface area contributed by atoms with Crippen LogP contribution >= 0.6 is 11.6 Å². The first-order chi connectivity index (χ1) is 12.0. The van der Waals surface area contributed by atoms with Crippen molar-refractivity contribution in [2.24, 2.45) is 0 Å². The molecular formula is C18H12ClF2N3O. The minimum atomic E-state index is -0.567. The van der Waals surface area contributed by atoms with Gasteiger partial charge in [0.1, 0.15) is 11.6 Å². The number of anilines is 3. The van der Waals surface area contributed by atoms with Crippen LogP contribution in [-0.2, 0) is 0 Å². The number of carbonyl (C=O) groups excluding carboxylic acids is 1. The van der Waals surface area contributed by atoms with Gasteiger partial charge >= 0.3 is 0 Å². The highest BCUT2D eigenvalue weighted by atomic mass is 35.5. The molecule has 4 nitrogen and oxygen atoms in total. The zero-order valence-electron chi connectivity index (χ0n) is 12.8. The van der Waals surface area contributed by atoms with E-state index >= 15 is 0 Å². The van der Waals surface area contributed by atoms with Crippen molar-refractivity contribution in [3.63, 3.8) is 0 Å². The fourth-order valence-electron chi connectivity index (χ4n) is 2.14. The van der Waals surface area contributed by atoms with Crippen LogP contribution in [0.2, 0.25) is 5.02 Å². The molecule has 3 rings (SSSR count). The van der Waals surface area contributed by atoms with E-state index < -0.39 is 11.7 Å². The van der Waals surface area contributed by atoms with Crippen molar-refractivity contribution in [1.29, 1.82) is 0 Å². The summed E-state index contributed by atoms with van der Waals surface area (Å²) < 4.78 is 26.4. The molecular weight excluding hydrogens is 348 g/mol. The molecule has 0 aliphatic carbocycles. The largest absolute Gasteiger partial charge is 0.354 e. The van der Waals surface area contributed by atoms with Crippen LogP contribution in [0.3, 0.4) is 0 Å². The monoisotopic (exact) mass is 359 g/mol. The molecule has 0 aliphatic heterocycles. The van der Waals surface area contributed by atoms with Crippen LogP contribution in [0.25, 0.3) is 0 Å². The Labute approximate surface area is 147 Å². The van der Waals surface area contributed by atoms with E-state index in [4.69, 9.17) is 11.6 Å². The first kappa shape index (κ1) is 16.9. The number of halogens is 3. The number of amides is 1. The lowest BCUT2D eigenvalue weighted by atomic mass is 10.2. The number of aromatic nitrogens is 1. The summed E-state index contributed by atoms with van der Waals surface area (Å²) in [5.74, 6) is -1.37. The molecule has 0 saturated heterocycles. The normalized spacial score (nSPS) is 10.4. The maximum atomic E-state index is 13.2. The molecule has 7 heteroatoms. The molecule has 0 unspecified atom stereocenters. The van der Waals surface area contributed by atoms with Gasteiger partial charge in [-0.2, -0.15) is 0 Å². The molecule has 25 heavy (non-hydrogen) atoms. The predicted molar refractivity (Wildman–Crippen MR) is 93.3 cm³/mol. The Morgan fingerprint density at radius 2 is 1.80 bits per heavy atom. The van der Waals surface area contributed by atoms with E-state index in [-0.39, 0.29) is 16.4 Å². The van der Waals surface area contributed by atoms with Gasteiger partial charge in [-0.05, 0) is 42.5 Å². The van der Waals surface area contributed by atoms with Gasteiger partial charge in [-0.1, -0.05) is 17.7 Å². The van der Waals surface area contributed by atoms with Gasteiger partial charge in [0.05, 0.1) is 22.5 Å². The SMILES string of the molecule is O=C(Nc1ccc(F)c(Cl)c1)c1cncc(Nc2cccc(F)c2)c1. The number of nitrogens with zero attached hydrogens (tertiary/aromatic N) is 1. The first-order valence-corrected chi connectivity index (χ1v) is 7.63. The smallest absolute Gasteiger partial charge is 0.257 e. The molecule has 0 fully saturated rings. The van der Waals surface area contributed by atoms with Crippen LogP contribution in [0.15, 0.2) is 60.9 Å². The van der Waals surface area contributed by atoms with Gasteiger partial charge in [-0.3, -0.25) is 9.78 Å². The minimum Gasteiger partial charge on any atom is -0.354 e. The van der Waals surface area contributed by atoms with E-state index in [1.54, 1.807) is 18.2 Å². The van der Waals surface area contributed by atoms with Crippen molar-refractivity contribution in [2.45, 2.75) is 0 Å². The molecule has 2 N–H and O–H groups in total. The average molecular weight is 360 g/mol. The molecule has 0 aliphatic rings. The lowest BCUT2D eigenvalue weighted by Gasteiger charge is -2.09. The maximum Gasteiger partial charge on any atom is 0.257 e. The second-order valence-corrected chi connectivity index (χ2v) is 5.59. The van der Waals surface area contributed by atoms with E-state index in [2.05, 4.69) is 15.6 Å². The van der Waals surface area contributed by atoms with Gasteiger partial charge in [0.15, 0.2) is 0 Å².